The lowest BCUT2D eigenvalue weighted by molar-refractivity contribution is -0.121. The smallest absolute Gasteiger partial charge is 0.176 e. The fourth-order valence-electron chi connectivity index (χ4n) is 3.88. The first-order valence-corrected chi connectivity index (χ1v) is 7.72. The van der Waals surface area contributed by atoms with E-state index in [9.17, 15) is 4.79 Å². The van der Waals surface area contributed by atoms with Crippen LogP contribution in [0.4, 0.5) is 0 Å². The van der Waals surface area contributed by atoms with Crippen LogP contribution in [0.15, 0.2) is 35.9 Å². The first-order valence-electron chi connectivity index (χ1n) is 7.72. The van der Waals surface area contributed by atoms with Gasteiger partial charge in [0, 0.05) is 6.04 Å². The molecule has 0 saturated carbocycles. The first kappa shape index (κ1) is 13.6. The molecule has 2 nitrogen and oxygen atoms in total. The molecule has 2 heterocycles. The minimum absolute atomic E-state index is 0.125. The van der Waals surface area contributed by atoms with Crippen molar-refractivity contribution in [3.63, 3.8) is 0 Å². The Morgan fingerprint density at radius 1 is 1.30 bits per heavy atom. The number of rotatable bonds is 3. The minimum Gasteiger partial charge on any atom is -0.293 e. The largest absolute Gasteiger partial charge is 0.293 e. The second-order valence-corrected chi connectivity index (χ2v) is 6.18. The number of ketones is 1. The highest BCUT2D eigenvalue weighted by Crippen LogP contribution is 2.41. The van der Waals surface area contributed by atoms with Gasteiger partial charge >= 0.3 is 0 Å². The molecule has 0 unspecified atom stereocenters. The van der Waals surface area contributed by atoms with E-state index in [1.165, 1.54) is 12.8 Å². The summed E-state index contributed by atoms with van der Waals surface area (Å²) in [4.78, 5) is 15.0. The van der Waals surface area contributed by atoms with Crippen LogP contribution in [0.25, 0.3) is 6.08 Å². The lowest BCUT2D eigenvalue weighted by Gasteiger charge is -2.33. The summed E-state index contributed by atoms with van der Waals surface area (Å²) in [6.07, 6.45) is 6.54. The Morgan fingerprint density at radius 3 is 2.75 bits per heavy atom. The molecule has 1 aromatic rings. The highest BCUT2D eigenvalue weighted by atomic mass is 16.1. The topological polar surface area (TPSA) is 20.3 Å². The summed E-state index contributed by atoms with van der Waals surface area (Å²) in [7, 11) is 2.13. The Bertz CT molecular complexity index is 519. The number of carbonyl (C=O) groups excluding carboxylic acids is 1. The van der Waals surface area contributed by atoms with Gasteiger partial charge < -0.3 is 0 Å². The van der Waals surface area contributed by atoms with Gasteiger partial charge in [-0.2, -0.15) is 0 Å². The molecule has 3 atom stereocenters. The summed E-state index contributed by atoms with van der Waals surface area (Å²) in [5.41, 5.74) is 2.18. The van der Waals surface area contributed by atoms with Crippen LogP contribution < -0.4 is 0 Å². The molecule has 2 fully saturated rings. The number of Topliss-reactive ketones (excluding diaryl/α,β-unsaturated/α-hetero) is 1. The van der Waals surface area contributed by atoms with E-state index in [4.69, 9.17) is 0 Å². The summed E-state index contributed by atoms with van der Waals surface area (Å²) in [6, 6.07) is 10.9. The molecule has 0 N–H and O–H groups in total. The Hall–Kier alpha value is -1.41. The van der Waals surface area contributed by atoms with Gasteiger partial charge in [-0.1, -0.05) is 43.7 Å². The summed E-state index contributed by atoms with van der Waals surface area (Å²) in [5, 5.41) is 0. The monoisotopic (exact) mass is 269 g/mol. The summed E-state index contributed by atoms with van der Waals surface area (Å²) >= 11 is 0. The second-order valence-electron chi connectivity index (χ2n) is 6.18. The zero-order valence-corrected chi connectivity index (χ0v) is 12.4. The van der Waals surface area contributed by atoms with Crippen molar-refractivity contribution in [1.82, 2.24) is 4.90 Å². The number of nitrogens with zero attached hydrogens (tertiary/aromatic N) is 1. The average molecular weight is 269 g/mol. The third-order valence-electron chi connectivity index (χ3n) is 4.93. The average Bonchev–Trinajstić information content (AvgIpc) is 2.68. The molecular formula is C18H23NO. The molecule has 0 aliphatic carbocycles. The van der Waals surface area contributed by atoms with Gasteiger partial charge in [0.25, 0.3) is 0 Å². The van der Waals surface area contributed by atoms with E-state index in [-0.39, 0.29) is 6.04 Å². The number of piperidine rings is 1. The van der Waals surface area contributed by atoms with Crippen molar-refractivity contribution in [2.45, 2.75) is 44.7 Å². The molecule has 2 heteroatoms. The van der Waals surface area contributed by atoms with Crippen LogP contribution in [0.3, 0.4) is 0 Å². The number of hydrogen-bond acceptors (Lipinski definition) is 2. The fraction of sp³-hybridized carbons (Fsp3) is 0.500. The number of benzene rings is 1. The molecule has 1 aromatic carbocycles. The Kier molecular flexibility index (Phi) is 3.75. The van der Waals surface area contributed by atoms with Crippen LogP contribution in [0.2, 0.25) is 0 Å². The molecule has 0 spiro atoms. The van der Waals surface area contributed by atoms with E-state index in [2.05, 4.69) is 37.1 Å². The lowest BCUT2D eigenvalue weighted by Crippen LogP contribution is -2.44. The lowest BCUT2D eigenvalue weighted by atomic mass is 9.90. The Balaban J connectivity index is 1.86. The number of hydrogen-bond donors (Lipinski definition) is 0. The summed E-state index contributed by atoms with van der Waals surface area (Å²) < 4.78 is 0. The molecule has 106 valence electrons. The highest BCUT2D eigenvalue weighted by Gasteiger charge is 2.46. The van der Waals surface area contributed by atoms with Gasteiger partial charge in [0.05, 0.1) is 6.04 Å². The van der Waals surface area contributed by atoms with E-state index in [0.717, 1.165) is 24.0 Å². The van der Waals surface area contributed by atoms with E-state index < -0.39 is 0 Å². The molecule has 2 aliphatic heterocycles. The van der Waals surface area contributed by atoms with Gasteiger partial charge in [0.1, 0.15) is 0 Å². The summed E-state index contributed by atoms with van der Waals surface area (Å²) in [5.74, 6) is 1.05. The van der Waals surface area contributed by atoms with Crippen LogP contribution in [-0.4, -0.2) is 29.8 Å². The van der Waals surface area contributed by atoms with Gasteiger partial charge in [0.2, 0.25) is 0 Å². The Labute approximate surface area is 121 Å². The molecule has 20 heavy (non-hydrogen) atoms. The van der Waals surface area contributed by atoms with Crippen molar-refractivity contribution in [1.29, 1.82) is 0 Å². The van der Waals surface area contributed by atoms with Crippen molar-refractivity contribution < 1.29 is 4.79 Å². The number of likely N-dealkylation sites (N-methyl/N-ethyl adjacent to an activating group) is 1. The van der Waals surface area contributed by atoms with Crippen molar-refractivity contribution in [2.24, 2.45) is 5.92 Å². The molecule has 3 rings (SSSR count). The molecule has 2 saturated heterocycles. The van der Waals surface area contributed by atoms with Gasteiger partial charge in [-0.25, -0.2) is 0 Å². The quantitative estimate of drug-likeness (QED) is 0.782. The van der Waals surface area contributed by atoms with Gasteiger partial charge in [-0.3, -0.25) is 9.69 Å². The molecule has 2 aliphatic rings. The highest BCUT2D eigenvalue weighted by molar-refractivity contribution is 6.04. The predicted octanol–water partition coefficient (Wildman–Crippen LogP) is 3.53. The van der Waals surface area contributed by atoms with Crippen LogP contribution in [0.1, 0.15) is 38.2 Å². The normalized spacial score (nSPS) is 32.0. The van der Waals surface area contributed by atoms with Crippen molar-refractivity contribution >= 4 is 11.9 Å². The van der Waals surface area contributed by atoms with E-state index in [0.29, 0.717) is 17.7 Å². The van der Waals surface area contributed by atoms with Crippen molar-refractivity contribution in [3.8, 4) is 0 Å². The van der Waals surface area contributed by atoms with Crippen LogP contribution in [-0.2, 0) is 4.79 Å². The summed E-state index contributed by atoms with van der Waals surface area (Å²) in [6.45, 7) is 2.24. The SMILES string of the molecule is CCC[C@@H]1C[C@@H]2C(=O)/C(=C/c3ccccc3)C[C@H]1N2C. The van der Waals surface area contributed by atoms with Gasteiger partial charge in [-0.05, 0) is 49.4 Å². The van der Waals surface area contributed by atoms with E-state index >= 15 is 0 Å². The van der Waals surface area contributed by atoms with Crippen LogP contribution in [0.5, 0.6) is 0 Å². The minimum atomic E-state index is 0.125. The third kappa shape index (κ3) is 2.33. The van der Waals surface area contributed by atoms with Crippen molar-refractivity contribution in [2.75, 3.05) is 7.05 Å². The second kappa shape index (κ2) is 5.53. The van der Waals surface area contributed by atoms with E-state index in [1.54, 1.807) is 0 Å². The number of carbonyl (C=O) groups is 1. The molecule has 0 aromatic heterocycles. The first-order chi connectivity index (χ1) is 9.70. The Morgan fingerprint density at radius 2 is 2.05 bits per heavy atom. The van der Waals surface area contributed by atoms with Crippen LogP contribution >= 0.6 is 0 Å². The third-order valence-corrected chi connectivity index (χ3v) is 4.93. The maximum Gasteiger partial charge on any atom is 0.176 e. The van der Waals surface area contributed by atoms with Crippen molar-refractivity contribution in [3.05, 3.63) is 41.5 Å². The molecule has 0 amide bonds. The maximum atomic E-state index is 12.6. The standard InChI is InChI=1S/C18H23NO/c1-3-7-14-11-17-18(20)15(12-16(14)19(17)2)10-13-8-5-4-6-9-13/h4-6,8-10,14,16-17H,3,7,11-12H2,1-2H3/b15-10+/t14-,16-,17-/m1/s1. The maximum absolute atomic E-state index is 12.6. The molecule has 0 radical (unpaired) electrons. The predicted molar refractivity (Wildman–Crippen MR) is 82.4 cm³/mol. The molecular weight excluding hydrogens is 246 g/mol. The van der Waals surface area contributed by atoms with Gasteiger partial charge in [0.15, 0.2) is 5.78 Å². The van der Waals surface area contributed by atoms with E-state index in [1.807, 2.05) is 18.2 Å². The number of fused-ring (bicyclic) bond motifs is 2. The zero-order chi connectivity index (χ0) is 14.1. The fourth-order valence-corrected chi connectivity index (χ4v) is 3.88. The molecule has 2 bridgehead atoms. The van der Waals surface area contributed by atoms with Gasteiger partial charge in [-0.15, -0.1) is 0 Å². The van der Waals surface area contributed by atoms with Crippen LogP contribution in [0, 0.1) is 5.92 Å². The zero-order valence-electron chi connectivity index (χ0n) is 12.4.